The first-order chi connectivity index (χ1) is 9.36. The molecule has 0 aromatic rings. The van der Waals surface area contributed by atoms with Crippen molar-refractivity contribution in [1.82, 2.24) is 5.32 Å². The second kappa shape index (κ2) is 6.61. The van der Waals surface area contributed by atoms with E-state index in [2.05, 4.69) is 12.2 Å². The molecule has 3 aliphatic carbocycles. The first-order valence-corrected chi connectivity index (χ1v) is 9.07. The normalized spacial score (nSPS) is 42.5. The molecule has 3 saturated carbocycles. The van der Waals surface area contributed by atoms with E-state index in [4.69, 9.17) is 0 Å². The molecule has 1 heteroatoms. The van der Waals surface area contributed by atoms with Crippen LogP contribution < -0.4 is 5.32 Å². The van der Waals surface area contributed by atoms with Crippen molar-refractivity contribution in [2.24, 2.45) is 29.6 Å². The molecule has 0 heterocycles. The van der Waals surface area contributed by atoms with Crippen LogP contribution >= 0.6 is 0 Å². The summed E-state index contributed by atoms with van der Waals surface area (Å²) in [4.78, 5) is 0. The Kier molecular flexibility index (Phi) is 4.84. The van der Waals surface area contributed by atoms with E-state index in [9.17, 15) is 0 Å². The van der Waals surface area contributed by atoms with E-state index < -0.39 is 0 Å². The van der Waals surface area contributed by atoms with Gasteiger partial charge in [0.2, 0.25) is 0 Å². The van der Waals surface area contributed by atoms with Gasteiger partial charge < -0.3 is 5.32 Å². The minimum absolute atomic E-state index is 0.988. The van der Waals surface area contributed by atoms with Crippen LogP contribution in [0.4, 0.5) is 0 Å². The summed E-state index contributed by atoms with van der Waals surface area (Å²) < 4.78 is 0. The Morgan fingerprint density at radius 2 is 1.68 bits per heavy atom. The summed E-state index contributed by atoms with van der Waals surface area (Å²) in [6.45, 7) is 4.70. The van der Waals surface area contributed by atoms with Gasteiger partial charge in [-0.3, -0.25) is 0 Å². The van der Waals surface area contributed by atoms with E-state index >= 15 is 0 Å². The van der Waals surface area contributed by atoms with Crippen LogP contribution in [-0.4, -0.2) is 13.1 Å². The summed E-state index contributed by atoms with van der Waals surface area (Å²) in [7, 11) is 0. The summed E-state index contributed by atoms with van der Waals surface area (Å²) in [5.41, 5.74) is 0. The maximum absolute atomic E-state index is 3.63. The topological polar surface area (TPSA) is 12.0 Å². The Morgan fingerprint density at radius 3 is 2.37 bits per heavy atom. The molecule has 0 aliphatic heterocycles. The molecule has 3 rings (SSSR count). The van der Waals surface area contributed by atoms with Crippen LogP contribution in [0.1, 0.15) is 71.1 Å². The first kappa shape index (κ1) is 13.9. The lowest BCUT2D eigenvalue weighted by Gasteiger charge is -2.31. The maximum atomic E-state index is 3.63. The minimum Gasteiger partial charge on any atom is -0.317 e. The van der Waals surface area contributed by atoms with Gasteiger partial charge in [0.15, 0.2) is 0 Å². The van der Waals surface area contributed by atoms with Crippen molar-refractivity contribution >= 4 is 0 Å². The number of hydrogen-bond acceptors (Lipinski definition) is 1. The van der Waals surface area contributed by atoms with Gasteiger partial charge in [-0.15, -0.1) is 0 Å². The number of nitrogens with one attached hydrogen (secondary N) is 1. The third-order valence-corrected chi connectivity index (χ3v) is 6.46. The highest BCUT2D eigenvalue weighted by Gasteiger charge is 2.40. The third-order valence-electron chi connectivity index (χ3n) is 6.46. The minimum atomic E-state index is 0.988. The van der Waals surface area contributed by atoms with E-state index in [1.165, 1.54) is 38.6 Å². The second-order valence-electron chi connectivity index (χ2n) is 7.64. The molecule has 1 nitrogen and oxygen atoms in total. The van der Waals surface area contributed by atoms with Crippen LogP contribution in [0.25, 0.3) is 0 Å². The molecule has 0 aromatic carbocycles. The van der Waals surface area contributed by atoms with Crippen molar-refractivity contribution in [3.63, 3.8) is 0 Å². The van der Waals surface area contributed by atoms with Crippen LogP contribution in [0.5, 0.6) is 0 Å². The molecule has 0 saturated heterocycles. The van der Waals surface area contributed by atoms with Crippen molar-refractivity contribution in [3.05, 3.63) is 0 Å². The molecule has 3 fully saturated rings. The van der Waals surface area contributed by atoms with Gasteiger partial charge in [-0.25, -0.2) is 0 Å². The van der Waals surface area contributed by atoms with E-state index in [1.54, 1.807) is 32.1 Å². The quantitative estimate of drug-likeness (QED) is 0.714. The zero-order valence-electron chi connectivity index (χ0n) is 12.9. The van der Waals surface area contributed by atoms with E-state index in [1.807, 2.05) is 0 Å². The SMILES string of the molecule is CCNCC1CCCCCC1CC1CC2CCC1C2. The highest BCUT2D eigenvalue weighted by Crippen LogP contribution is 2.51. The molecule has 19 heavy (non-hydrogen) atoms. The van der Waals surface area contributed by atoms with Crippen LogP contribution in [0, 0.1) is 29.6 Å². The molecule has 2 bridgehead atoms. The fraction of sp³-hybridized carbons (Fsp3) is 1.00. The molecule has 5 unspecified atom stereocenters. The fourth-order valence-corrected chi connectivity index (χ4v) is 5.42. The van der Waals surface area contributed by atoms with Crippen molar-refractivity contribution in [3.8, 4) is 0 Å². The monoisotopic (exact) mass is 263 g/mol. The zero-order valence-corrected chi connectivity index (χ0v) is 12.9. The van der Waals surface area contributed by atoms with E-state index in [0.29, 0.717) is 0 Å². The Labute approximate surface area is 119 Å². The Balaban J connectivity index is 1.56. The lowest BCUT2D eigenvalue weighted by molar-refractivity contribution is 0.204. The van der Waals surface area contributed by atoms with Crippen LogP contribution in [-0.2, 0) is 0 Å². The average Bonchev–Trinajstić information content (AvgIpc) is 2.96. The zero-order chi connectivity index (χ0) is 13.1. The van der Waals surface area contributed by atoms with Gasteiger partial charge >= 0.3 is 0 Å². The predicted octanol–water partition coefficient (Wildman–Crippen LogP) is 4.62. The van der Waals surface area contributed by atoms with Crippen LogP contribution in [0.2, 0.25) is 0 Å². The largest absolute Gasteiger partial charge is 0.317 e. The lowest BCUT2D eigenvalue weighted by atomic mass is 9.76. The van der Waals surface area contributed by atoms with Crippen molar-refractivity contribution in [1.29, 1.82) is 0 Å². The predicted molar refractivity (Wildman–Crippen MR) is 82.2 cm³/mol. The maximum Gasteiger partial charge on any atom is -0.00180 e. The molecule has 3 aliphatic rings. The van der Waals surface area contributed by atoms with E-state index in [-0.39, 0.29) is 0 Å². The van der Waals surface area contributed by atoms with Gasteiger partial charge in [-0.05, 0) is 74.8 Å². The first-order valence-electron chi connectivity index (χ1n) is 9.07. The molecule has 1 N–H and O–H groups in total. The third kappa shape index (κ3) is 3.35. The lowest BCUT2D eigenvalue weighted by Crippen LogP contribution is -2.29. The number of fused-ring (bicyclic) bond motifs is 2. The Bertz CT molecular complexity index is 275. The van der Waals surface area contributed by atoms with Crippen molar-refractivity contribution in [2.45, 2.75) is 71.1 Å². The fourth-order valence-electron chi connectivity index (χ4n) is 5.42. The molecule has 0 amide bonds. The highest BCUT2D eigenvalue weighted by atomic mass is 14.8. The smallest absolute Gasteiger partial charge is 0.00180 e. The summed E-state index contributed by atoms with van der Waals surface area (Å²) in [5, 5.41) is 3.63. The molecular weight excluding hydrogens is 230 g/mol. The van der Waals surface area contributed by atoms with Crippen molar-refractivity contribution < 1.29 is 0 Å². The van der Waals surface area contributed by atoms with Gasteiger partial charge in [-0.2, -0.15) is 0 Å². The highest BCUT2D eigenvalue weighted by molar-refractivity contribution is 4.92. The number of rotatable bonds is 5. The Morgan fingerprint density at radius 1 is 0.842 bits per heavy atom. The molecule has 0 radical (unpaired) electrons. The molecule has 0 aromatic heterocycles. The summed E-state index contributed by atoms with van der Waals surface area (Å²) in [6, 6.07) is 0. The van der Waals surface area contributed by atoms with Gasteiger partial charge in [0, 0.05) is 0 Å². The summed E-state index contributed by atoms with van der Waals surface area (Å²) >= 11 is 0. The molecule has 0 spiro atoms. The van der Waals surface area contributed by atoms with Gasteiger partial charge in [-0.1, -0.05) is 39.0 Å². The summed E-state index contributed by atoms with van der Waals surface area (Å²) in [6.07, 6.45) is 15.4. The van der Waals surface area contributed by atoms with Crippen LogP contribution in [0.3, 0.4) is 0 Å². The van der Waals surface area contributed by atoms with Gasteiger partial charge in [0.25, 0.3) is 0 Å². The molecule has 5 atom stereocenters. The van der Waals surface area contributed by atoms with E-state index in [0.717, 1.165) is 36.1 Å². The van der Waals surface area contributed by atoms with Crippen molar-refractivity contribution in [2.75, 3.05) is 13.1 Å². The van der Waals surface area contributed by atoms with Gasteiger partial charge in [0.1, 0.15) is 0 Å². The molecular formula is C18H33N. The van der Waals surface area contributed by atoms with Gasteiger partial charge in [0.05, 0.1) is 0 Å². The second-order valence-corrected chi connectivity index (χ2v) is 7.64. The number of hydrogen-bond donors (Lipinski definition) is 1. The van der Waals surface area contributed by atoms with Crippen LogP contribution in [0.15, 0.2) is 0 Å². The average molecular weight is 263 g/mol. The summed E-state index contributed by atoms with van der Waals surface area (Å²) in [5.74, 6) is 5.42. The molecule has 110 valence electrons. The Hall–Kier alpha value is -0.0400. The standard InChI is InChI=1S/C18H33N/c1-2-19-13-17-7-5-3-4-6-15(17)12-18-11-14-8-9-16(18)10-14/h14-19H,2-13H2,1H3.